The highest BCUT2D eigenvalue weighted by atomic mass is 16.4. The van der Waals surface area contributed by atoms with Crippen molar-refractivity contribution in [1.82, 2.24) is 9.80 Å². The first-order valence-corrected chi connectivity index (χ1v) is 8.60. The van der Waals surface area contributed by atoms with Crippen molar-refractivity contribution in [3.8, 4) is 0 Å². The Labute approximate surface area is 142 Å². The van der Waals surface area contributed by atoms with Gasteiger partial charge in [0.2, 0.25) is 0 Å². The molecular weight excluding hydrogens is 308 g/mol. The van der Waals surface area contributed by atoms with Crippen LogP contribution in [0.15, 0.2) is 4.42 Å². The highest BCUT2D eigenvalue weighted by Crippen LogP contribution is 2.38. The van der Waals surface area contributed by atoms with Gasteiger partial charge in [0.15, 0.2) is 11.5 Å². The minimum atomic E-state index is -0.129. The van der Waals surface area contributed by atoms with Gasteiger partial charge in [0, 0.05) is 51.1 Å². The molecule has 0 radical (unpaired) electrons. The SMILES string of the molecule is Cc1c(C(=O)N2CCN(CCO)CC2)oc2c1C(=O)CC(C)(C)C2. The molecule has 0 spiro atoms. The van der Waals surface area contributed by atoms with E-state index in [2.05, 4.69) is 4.90 Å². The quantitative estimate of drug-likeness (QED) is 0.907. The van der Waals surface area contributed by atoms with Crippen molar-refractivity contribution in [3.05, 3.63) is 22.6 Å². The van der Waals surface area contributed by atoms with E-state index < -0.39 is 0 Å². The summed E-state index contributed by atoms with van der Waals surface area (Å²) in [5.74, 6) is 0.933. The minimum absolute atomic E-state index is 0.0781. The number of fused-ring (bicyclic) bond motifs is 1. The molecule has 3 rings (SSSR count). The number of ketones is 1. The van der Waals surface area contributed by atoms with E-state index in [1.54, 1.807) is 4.90 Å². The number of aliphatic hydroxyl groups excluding tert-OH is 1. The number of hydrogen-bond donors (Lipinski definition) is 1. The van der Waals surface area contributed by atoms with Gasteiger partial charge >= 0.3 is 0 Å². The average molecular weight is 334 g/mol. The molecule has 1 aliphatic heterocycles. The van der Waals surface area contributed by atoms with Crippen molar-refractivity contribution >= 4 is 11.7 Å². The van der Waals surface area contributed by atoms with E-state index in [1.165, 1.54) is 0 Å². The van der Waals surface area contributed by atoms with E-state index in [1.807, 2.05) is 20.8 Å². The van der Waals surface area contributed by atoms with Crippen molar-refractivity contribution in [2.45, 2.75) is 33.6 Å². The van der Waals surface area contributed by atoms with Gasteiger partial charge < -0.3 is 14.4 Å². The molecule has 0 unspecified atom stereocenters. The number of amides is 1. The Hall–Kier alpha value is -1.66. The molecule has 1 fully saturated rings. The highest BCUT2D eigenvalue weighted by Gasteiger charge is 2.38. The van der Waals surface area contributed by atoms with Crippen LogP contribution < -0.4 is 0 Å². The maximum Gasteiger partial charge on any atom is 0.289 e. The predicted molar refractivity (Wildman–Crippen MR) is 89.3 cm³/mol. The number of Topliss-reactive ketones (excluding diaryl/α,β-unsaturated/α-hetero) is 1. The summed E-state index contributed by atoms with van der Waals surface area (Å²) in [6, 6.07) is 0. The van der Waals surface area contributed by atoms with E-state index in [9.17, 15) is 9.59 Å². The lowest BCUT2D eigenvalue weighted by Crippen LogP contribution is -2.49. The van der Waals surface area contributed by atoms with Crippen LogP contribution in [0.2, 0.25) is 0 Å². The zero-order valence-electron chi connectivity index (χ0n) is 14.7. The monoisotopic (exact) mass is 334 g/mol. The van der Waals surface area contributed by atoms with Crippen LogP contribution in [0.3, 0.4) is 0 Å². The Morgan fingerprint density at radius 1 is 1.21 bits per heavy atom. The number of furan rings is 1. The first-order valence-electron chi connectivity index (χ1n) is 8.60. The molecule has 1 amide bonds. The van der Waals surface area contributed by atoms with E-state index in [0.717, 1.165) is 13.1 Å². The zero-order valence-corrected chi connectivity index (χ0v) is 14.7. The first-order chi connectivity index (χ1) is 11.3. The van der Waals surface area contributed by atoms with Crippen molar-refractivity contribution in [2.24, 2.45) is 5.41 Å². The maximum absolute atomic E-state index is 12.8. The molecule has 2 heterocycles. The molecule has 0 saturated carbocycles. The molecule has 1 saturated heterocycles. The molecule has 1 N–H and O–H groups in total. The summed E-state index contributed by atoms with van der Waals surface area (Å²) in [4.78, 5) is 29.2. The number of carbonyl (C=O) groups excluding carboxylic acids is 2. The van der Waals surface area contributed by atoms with Crippen LogP contribution >= 0.6 is 0 Å². The summed E-state index contributed by atoms with van der Waals surface area (Å²) >= 11 is 0. The molecule has 1 aliphatic carbocycles. The lowest BCUT2D eigenvalue weighted by Gasteiger charge is -2.34. The van der Waals surface area contributed by atoms with E-state index >= 15 is 0 Å². The van der Waals surface area contributed by atoms with Crippen LogP contribution in [-0.2, 0) is 6.42 Å². The molecule has 0 bridgehead atoms. The smallest absolute Gasteiger partial charge is 0.289 e. The third-order valence-corrected chi connectivity index (χ3v) is 5.05. The van der Waals surface area contributed by atoms with Crippen molar-refractivity contribution in [3.63, 3.8) is 0 Å². The van der Waals surface area contributed by atoms with E-state index in [0.29, 0.717) is 55.1 Å². The minimum Gasteiger partial charge on any atom is -0.455 e. The van der Waals surface area contributed by atoms with Crippen molar-refractivity contribution < 1.29 is 19.1 Å². The van der Waals surface area contributed by atoms with Gasteiger partial charge in [-0.2, -0.15) is 0 Å². The maximum atomic E-state index is 12.8. The second kappa shape index (κ2) is 6.33. The topological polar surface area (TPSA) is 74.0 Å². The Bertz CT molecular complexity index is 654. The van der Waals surface area contributed by atoms with Gasteiger partial charge in [-0.15, -0.1) is 0 Å². The van der Waals surface area contributed by atoms with Gasteiger partial charge in [0.25, 0.3) is 5.91 Å². The van der Waals surface area contributed by atoms with Crippen LogP contribution in [0.4, 0.5) is 0 Å². The number of carbonyl (C=O) groups is 2. The van der Waals surface area contributed by atoms with Crippen LogP contribution in [0.25, 0.3) is 0 Å². The Morgan fingerprint density at radius 2 is 1.88 bits per heavy atom. The average Bonchev–Trinajstić information content (AvgIpc) is 2.83. The first kappa shape index (κ1) is 17.2. The molecule has 24 heavy (non-hydrogen) atoms. The lowest BCUT2D eigenvalue weighted by atomic mass is 9.76. The predicted octanol–water partition coefficient (Wildman–Crippen LogP) is 1.49. The number of nitrogens with zero attached hydrogens (tertiary/aromatic N) is 2. The molecular formula is C18H26N2O4. The summed E-state index contributed by atoms with van der Waals surface area (Å²) in [7, 11) is 0. The summed E-state index contributed by atoms with van der Waals surface area (Å²) in [5, 5.41) is 9.00. The second-order valence-electron chi connectivity index (χ2n) is 7.65. The van der Waals surface area contributed by atoms with Crippen LogP contribution in [0.1, 0.15) is 52.5 Å². The van der Waals surface area contributed by atoms with Crippen molar-refractivity contribution in [1.29, 1.82) is 0 Å². The van der Waals surface area contributed by atoms with Gasteiger partial charge in [0.05, 0.1) is 12.2 Å². The summed E-state index contributed by atoms with van der Waals surface area (Å²) < 4.78 is 5.87. The Morgan fingerprint density at radius 3 is 2.50 bits per heavy atom. The lowest BCUT2D eigenvalue weighted by molar-refractivity contribution is 0.0580. The summed E-state index contributed by atoms with van der Waals surface area (Å²) in [6.07, 6.45) is 1.18. The fourth-order valence-electron chi connectivity index (χ4n) is 3.75. The Balaban J connectivity index is 1.79. The molecule has 0 aromatic carbocycles. The van der Waals surface area contributed by atoms with Gasteiger partial charge in [-0.05, 0) is 12.3 Å². The molecule has 6 nitrogen and oxygen atoms in total. The van der Waals surface area contributed by atoms with Gasteiger partial charge in [-0.1, -0.05) is 13.8 Å². The fraction of sp³-hybridized carbons (Fsp3) is 0.667. The molecule has 0 atom stereocenters. The van der Waals surface area contributed by atoms with Gasteiger partial charge in [-0.3, -0.25) is 14.5 Å². The van der Waals surface area contributed by atoms with Crippen LogP contribution in [-0.4, -0.2) is 65.9 Å². The van der Waals surface area contributed by atoms with Crippen LogP contribution in [0.5, 0.6) is 0 Å². The zero-order chi connectivity index (χ0) is 17.5. The number of rotatable bonds is 3. The normalized spacial score (nSPS) is 21.0. The summed E-state index contributed by atoms with van der Waals surface area (Å²) in [6.45, 7) is 9.41. The highest BCUT2D eigenvalue weighted by molar-refractivity contribution is 6.03. The summed E-state index contributed by atoms with van der Waals surface area (Å²) in [5.41, 5.74) is 1.19. The van der Waals surface area contributed by atoms with E-state index in [-0.39, 0.29) is 23.7 Å². The molecule has 6 heteroatoms. The van der Waals surface area contributed by atoms with Crippen molar-refractivity contribution in [2.75, 3.05) is 39.3 Å². The molecule has 1 aromatic rings. The number of β-amino-alcohol motifs (C(OH)–C–C–N with tert-alkyl or cyclic N) is 1. The largest absolute Gasteiger partial charge is 0.455 e. The second-order valence-corrected chi connectivity index (χ2v) is 7.65. The molecule has 132 valence electrons. The number of aliphatic hydroxyl groups is 1. The third-order valence-electron chi connectivity index (χ3n) is 5.05. The molecule has 1 aromatic heterocycles. The Kier molecular flexibility index (Phi) is 4.53. The molecule has 2 aliphatic rings. The number of piperazine rings is 1. The standard InChI is InChI=1S/C18H26N2O4/c1-12-15-13(22)10-18(2,3)11-14(15)24-16(12)17(23)20-6-4-19(5-7-20)8-9-21/h21H,4-11H2,1-3H3. The third kappa shape index (κ3) is 3.13. The van der Waals surface area contributed by atoms with E-state index in [4.69, 9.17) is 9.52 Å². The van der Waals surface area contributed by atoms with Gasteiger partial charge in [-0.25, -0.2) is 0 Å². The van der Waals surface area contributed by atoms with Crippen LogP contribution in [0, 0.1) is 12.3 Å². The fourth-order valence-corrected chi connectivity index (χ4v) is 3.75. The van der Waals surface area contributed by atoms with Gasteiger partial charge in [0.1, 0.15) is 5.76 Å². The number of hydrogen-bond acceptors (Lipinski definition) is 5.